The Morgan fingerprint density at radius 3 is 2.69 bits per heavy atom. The third-order valence-electron chi connectivity index (χ3n) is 5.62. The van der Waals surface area contributed by atoms with Gasteiger partial charge in [0.2, 0.25) is 5.91 Å². The Labute approximate surface area is 208 Å². The fourth-order valence-electron chi connectivity index (χ4n) is 4.01. The smallest absolute Gasteiger partial charge is 0.341 e. The number of rotatable bonds is 9. The van der Waals surface area contributed by atoms with Gasteiger partial charge in [-0.1, -0.05) is 0 Å². The van der Waals surface area contributed by atoms with E-state index in [9.17, 15) is 18.8 Å². The zero-order valence-electron chi connectivity index (χ0n) is 19.0. The van der Waals surface area contributed by atoms with E-state index in [0.29, 0.717) is 18.1 Å². The number of hydrogen-bond donors (Lipinski definition) is 4. The van der Waals surface area contributed by atoms with Crippen LogP contribution >= 0.6 is 11.3 Å². The summed E-state index contributed by atoms with van der Waals surface area (Å²) in [6, 6.07) is 6.54. The first-order valence-corrected chi connectivity index (χ1v) is 11.7. The van der Waals surface area contributed by atoms with Crippen LogP contribution in [0.4, 0.5) is 9.52 Å². The Morgan fingerprint density at radius 1 is 1.22 bits per heavy atom. The molecule has 188 valence electrons. The van der Waals surface area contributed by atoms with Crippen molar-refractivity contribution in [3.8, 4) is 17.2 Å². The van der Waals surface area contributed by atoms with Crippen LogP contribution in [0.1, 0.15) is 34.8 Å². The Kier molecular flexibility index (Phi) is 7.17. The highest BCUT2D eigenvalue weighted by molar-refractivity contribution is 7.13. The van der Waals surface area contributed by atoms with Crippen LogP contribution in [-0.4, -0.2) is 46.2 Å². The van der Waals surface area contributed by atoms with Crippen molar-refractivity contribution in [2.45, 2.75) is 25.3 Å². The highest BCUT2D eigenvalue weighted by atomic mass is 32.1. The van der Waals surface area contributed by atoms with Crippen LogP contribution in [0.2, 0.25) is 0 Å². The second-order valence-corrected chi connectivity index (χ2v) is 9.15. The largest absolute Gasteiger partial charge is 0.479 e. The van der Waals surface area contributed by atoms with Gasteiger partial charge in [-0.05, 0) is 48.7 Å². The number of fused-ring (bicyclic) bond motifs is 1. The molecule has 0 saturated heterocycles. The number of thiazole rings is 1. The summed E-state index contributed by atoms with van der Waals surface area (Å²) in [4.78, 5) is 39.0. The van der Waals surface area contributed by atoms with Gasteiger partial charge in [-0.25, -0.2) is 19.0 Å². The van der Waals surface area contributed by atoms with Crippen molar-refractivity contribution in [3.05, 3.63) is 64.4 Å². The molecule has 2 aromatic carbocycles. The van der Waals surface area contributed by atoms with Crippen LogP contribution in [0.5, 0.6) is 17.2 Å². The summed E-state index contributed by atoms with van der Waals surface area (Å²) in [7, 11) is 0. The van der Waals surface area contributed by atoms with Crippen LogP contribution < -0.4 is 20.1 Å². The number of hydrogen-bond acceptors (Lipinski definition) is 8. The van der Waals surface area contributed by atoms with Crippen molar-refractivity contribution >= 4 is 34.3 Å². The summed E-state index contributed by atoms with van der Waals surface area (Å²) in [5.74, 6) is -3.66. The van der Waals surface area contributed by atoms with Crippen molar-refractivity contribution in [3.63, 3.8) is 0 Å². The number of aromatic nitrogens is 1. The molecular weight excluding hydrogens is 493 g/mol. The minimum atomic E-state index is -1.42. The van der Waals surface area contributed by atoms with E-state index in [4.69, 9.17) is 19.7 Å². The fourth-order valence-corrected chi connectivity index (χ4v) is 4.56. The maximum absolute atomic E-state index is 14.2. The molecule has 0 fully saturated rings. The zero-order valence-corrected chi connectivity index (χ0v) is 19.9. The molecule has 0 spiro atoms. The van der Waals surface area contributed by atoms with Crippen LogP contribution in [0, 0.1) is 5.82 Å². The van der Waals surface area contributed by atoms with Gasteiger partial charge in [-0.2, -0.15) is 0 Å². The highest BCUT2D eigenvalue weighted by Crippen LogP contribution is 2.41. The lowest BCUT2D eigenvalue weighted by atomic mass is 9.81. The Balaban J connectivity index is 1.68. The van der Waals surface area contributed by atoms with Crippen molar-refractivity contribution in [1.82, 2.24) is 10.3 Å². The van der Waals surface area contributed by atoms with Crippen molar-refractivity contribution in [1.29, 1.82) is 0 Å². The molecule has 36 heavy (non-hydrogen) atoms. The number of carboxylic acid groups (broad SMARTS) is 2. The van der Waals surface area contributed by atoms with Gasteiger partial charge in [-0.3, -0.25) is 4.79 Å². The molecule has 12 heteroatoms. The van der Waals surface area contributed by atoms with Crippen molar-refractivity contribution < 1.29 is 38.5 Å². The predicted octanol–water partition coefficient (Wildman–Crippen LogP) is 3.63. The number of anilines is 1. The lowest BCUT2D eigenvalue weighted by Gasteiger charge is -2.37. The molecule has 0 unspecified atom stereocenters. The van der Waals surface area contributed by atoms with E-state index in [0.717, 1.165) is 23.3 Å². The molecule has 3 aromatic rings. The number of carboxylic acids is 2. The summed E-state index contributed by atoms with van der Waals surface area (Å²) in [5.41, 5.74) is 0.233. The summed E-state index contributed by atoms with van der Waals surface area (Å²) >= 11 is 1.30. The van der Waals surface area contributed by atoms with Crippen molar-refractivity contribution in [2.24, 2.45) is 0 Å². The Bertz CT molecular complexity index is 1320. The molecule has 4 rings (SSSR count). The average molecular weight is 516 g/mol. The summed E-state index contributed by atoms with van der Waals surface area (Å²) in [6.45, 7) is 1.79. The summed E-state index contributed by atoms with van der Waals surface area (Å²) in [6.07, 6.45) is 2.24. The minimum Gasteiger partial charge on any atom is -0.479 e. The maximum Gasteiger partial charge on any atom is 0.341 e. The molecule has 10 nitrogen and oxygen atoms in total. The SMILES string of the molecule is C[C@]1(CC(=O)Nc2nccs2)NCCc2cc(OCC(=O)O)c(Oc3ccc(C(=O)O)c(F)c3)cc21. The normalized spacial score (nSPS) is 16.6. The van der Waals surface area contributed by atoms with Gasteiger partial charge in [0.15, 0.2) is 23.2 Å². The molecular formula is C24H22FN3O7S. The molecule has 4 N–H and O–H groups in total. The zero-order chi connectivity index (χ0) is 25.9. The molecule has 0 bridgehead atoms. The quantitative estimate of drug-likeness (QED) is 0.335. The third kappa shape index (κ3) is 5.61. The first-order chi connectivity index (χ1) is 17.1. The first kappa shape index (κ1) is 25.1. The molecule has 1 aliphatic rings. The second-order valence-electron chi connectivity index (χ2n) is 8.26. The van der Waals surface area contributed by atoms with Crippen LogP contribution in [0.25, 0.3) is 0 Å². The van der Waals surface area contributed by atoms with Crippen molar-refractivity contribution in [2.75, 3.05) is 18.5 Å². The second kappa shape index (κ2) is 10.3. The van der Waals surface area contributed by atoms with Gasteiger partial charge in [0, 0.05) is 36.1 Å². The highest BCUT2D eigenvalue weighted by Gasteiger charge is 2.35. The van der Waals surface area contributed by atoms with E-state index in [2.05, 4.69) is 15.6 Å². The van der Waals surface area contributed by atoms with Crippen LogP contribution in [-0.2, 0) is 21.5 Å². The van der Waals surface area contributed by atoms with Crippen LogP contribution in [0.15, 0.2) is 41.9 Å². The number of benzene rings is 2. The van der Waals surface area contributed by atoms with E-state index in [1.165, 1.54) is 17.4 Å². The molecule has 0 saturated carbocycles. The molecule has 0 aliphatic carbocycles. The summed E-state index contributed by atoms with van der Waals surface area (Å²) in [5, 5.41) is 26.5. The van der Waals surface area contributed by atoms with Gasteiger partial charge in [0.1, 0.15) is 11.6 Å². The van der Waals surface area contributed by atoms with E-state index in [1.807, 2.05) is 6.92 Å². The lowest BCUT2D eigenvalue weighted by Crippen LogP contribution is -2.47. The Morgan fingerprint density at radius 2 is 2.03 bits per heavy atom. The standard InChI is InChI=1S/C24H22FN3O7S/c1-24(11-20(29)28-23-26-6-7-36-23)16-10-19(35-14-2-3-15(22(32)33)17(25)9-14)18(34-12-21(30)31)8-13(16)4-5-27-24/h2-3,6-10,27H,4-5,11-12H2,1H3,(H,30,31)(H,32,33)(H,26,28,29)/t24-/m1/s1. The molecule has 1 aliphatic heterocycles. The monoisotopic (exact) mass is 515 g/mol. The number of aromatic carboxylic acids is 1. The number of nitrogens with zero attached hydrogens (tertiary/aromatic N) is 1. The Hall–Kier alpha value is -4.03. The third-order valence-corrected chi connectivity index (χ3v) is 6.30. The number of carbonyl (C=O) groups is 3. The number of aliphatic carboxylic acids is 1. The number of carbonyl (C=O) groups excluding carboxylic acids is 1. The molecule has 1 atom stereocenters. The average Bonchev–Trinajstić information content (AvgIpc) is 3.30. The molecule has 1 aromatic heterocycles. The van der Waals surface area contributed by atoms with Gasteiger partial charge >= 0.3 is 11.9 Å². The topological polar surface area (TPSA) is 147 Å². The lowest BCUT2D eigenvalue weighted by molar-refractivity contribution is -0.139. The molecule has 1 amide bonds. The minimum absolute atomic E-state index is 0.00962. The molecule has 0 radical (unpaired) electrons. The fraction of sp³-hybridized carbons (Fsp3) is 0.250. The number of ether oxygens (including phenoxy) is 2. The van der Waals surface area contributed by atoms with Gasteiger partial charge < -0.3 is 30.3 Å². The summed E-state index contributed by atoms with van der Waals surface area (Å²) < 4.78 is 25.5. The maximum atomic E-state index is 14.2. The van der Waals surface area contributed by atoms with E-state index < -0.39 is 35.5 Å². The first-order valence-electron chi connectivity index (χ1n) is 10.8. The van der Waals surface area contributed by atoms with Crippen LogP contribution in [0.3, 0.4) is 0 Å². The number of halogens is 1. The number of amides is 1. The van der Waals surface area contributed by atoms with Gasteiger partial charge in [0.25, 0.3) is 0 Å². The van der Waals surface area contributed by atoms with Gasteiger partial charge in [0.05, 0.1) is 5.56 Å². The van der Waals surface area contributed by atoms with E-state index >= 15 is 0 Å². The molecule has 2 heterocycles. The predicted molar refractivity (Wildman–Crippen MR) is 127 cm³/mol. The van der Waals surface area contributed by atoms with Gasteiger partial charge in [-0.15, -0.1) is 11.3 Å². The number of nitrogens with one attached hydrogen (secondary N) is 2. The van der Waals surface area contributed by atoms with E-state index in [1.54, 1.807) is 23.7 Å². The van der Waals surface area contributed by atoms with E-state index in [-0.39, 0.29) is 29.6 Å².